The highest BCUT2D eigenvalue weighted by Gasteiger charge is 2.39. The largest absolute Gasteiger partial charge is 1.00 e. The van der Waals surface area contributed by atoms with Gasteiger partial charge in [-0.15, -0.1) is 0 Å². The Morgan fingerprint density at radius 3 is 2.30 bits per heavy atom. The number of aryl methyl sites for hydroxylation is 1. The third kappa shape index (κ3) is 3.13. The Kier molecular flexibility index (Phi) is 4.86. The first-order chi connectivity index (χ1) is 10.4. The van der Waals surface area contributed by atoms with Crippen LogP contribution in [0.1, 0.15) is 37.5 Å². The lowest BCUT2D eigenvalue weighted by atomic mass is 9.81. The number of rotatable bonds is 2. The number of benzene rings is 1. The molecule has 1 aromatic heterocycles. The van der Waals surface area contributed by atoms with Crippen LogP contribution in [-0.4, -0.2) is 13.1 Å². The van der Waals surface area contributed by atoms with E-state index in [0.717, 1.165) is 0 Å². The molecule has 0 radical (unpaired) electrons. The Bertz CT molecular complexity index is 717. The van der Waals surface area contributed by atoms with Crippen molar-refractivity contribution in [1.29, 1.82) is 0 Å². The van der Waals surface area contributed by atoms with Gasteiger partial charge in [-0.3, -0.25) is 0 Å². The minimum Gasteiger partial charge on any atom is -1.00 e. The summed E-state index contributed by atoms with van der Waals surface area (Å²) in [6.45, 7) is 6.98. The molecule has 1 unspecified atom stereocenters. The van der Waals surface area contributed by atoms with E-state index in [9.17, 15) is 0 Å². The van der Waals surface area contributed by atoms with Gasteiger partial charge in [0.1, 0.15) is 7.05 Å². The van der Waals surface area contributed by atoms with Crippen molar-refractivity contribution in [3.05, 3.63) is 59.4 Å². The van der Waals surface area contributed by atoms with E-state index in [2.05, 4.69) is 87.6 Å². The van der Waals surface area contributed by atoms with Crippen molar-refractivity contribution in [3.8, 4) is 0 Å². The molecular weight excluding hydrogens is 304 g/mol. The van der Waals surface area contributed by atoms with E-state index in [-0.39, 0.29) is 17.8 Å². The van der Waals surface area contributed by atoms with E-state index >= 15 is 0 Å². The molecule has 2 nitrogen and oxygen atoms in total. The lowest BCUT2D eigenvalue weighted by Gasteiger charge is -2.28. The zero-order chi connectivity index (χ0) is 15.9. The van der Waals surface area contributed by atoms with Gasteiger partial charge in [0, 0.05) is 36.3 Å². The number of hydrogen-bond acceptors (Lipinski definition) is 1. The summed E-state index contributed by atoms with van der Waals surface area (Å²) in [7, 11) is 4.23. The smallest absolute Gasteiger partial charge is 0.169 e. The molecule has 0 bridgehead atoms. The molecule has 1 aliphatic heterocycles. The van der Waals surface area contributed by atoms with Gasteiger partial charge in [-0.25, -0.2) is 4.57 Å². The van der Waals surface area contributed by atoms with E-state index in [1.165, 1.54) is 22.4 Å². The zero-order valence-corrected chi connectivity index (χ0v) is 15.3. The fourth-order valence-corrected chi connectivity index (χ4v) is 3.21. The monoisotopic (exact) mass is 328 g/mol. The molecular formula is C20H25ClN2. The van der Waals surface area contributed by atoms with Crippen molar-refractivity contribution in [1.82, 2.24) is 0 Å². The molecule has 1 atom stereocenters. The lowest BCUT2D eigenvalue weighted by molar-refractivity contribution is -0.671. The van der Waals surface area contributed by atoms with Gasteiger partial charge >= 0.3 is 0 Å². The first-order valence-corrected chi connectivity index (χ1v) is 7.90. The molecule has 0 saturated carbocycles. The SMILES string of the molecule is CC1N(C)c2ccc(C=Cc3cc[n+](C)cc3)cc2C1(C)C.[Cl-]. The normalized spacial score (nSPS) is 18.8. The first-order valence-electron chi connectivity index (χ1n) is 7.90. The minimum absolute atomic E-state index is 0. The van der Waals surface area contributed by atoms with Crippen LogP contribution < -0.4 is 21.9 Å². The van der Waals surface area contributed by atoms with Gasteiger partial charge in [-0.05, 0) is 35.7 Å². The van der Waals surface area contributed by atoms with Gasteiger partial charge in [-0.2, -0.15) is 0 Å². The van der Waals surface area contributed by atoms with Crippen LogP contribution >= 0.6 is 0 Å². The average molecular weight is 329 g/mol. The second-order valence-corrected chi connectivity index (χ2v) is 6.92. The fraction of sp³-hybridized carbons (Fsp3) is 0.350. The van der Waals surface area contributed by atoms with Crippen LogP contribution in [0.15, 0.2) is 42.7 Å². The topological polar surface area (TPSA) is 7.12 Å². The van der Waals surface area contributed by atoms with Gasteiger partial charge in [0.15, 0.2) is 12.4 Å². The van der Waals surface area contributed by atoms with Gasteiger partial charge in [-0.1, -0.05) is 32.1 Å². The Labute approximate surface area is 145 Å². The predicted octanol–water partition coefficient (Wildman–Crippen LogP) is 0.801. The van der Waals surface area contributed by atoms with Crippen LogP contribution in [0.5, 0.6) is 0 Å². The number of pyridine rings is 1. The Hall–Kier alpha value is -1.80. The molecule has 0 fully saturated rings. The molecule has 3 rings (SSSR count). The third-order valence-electron chi connectivity index (χ3n) is 5.19. The summed E-state index contributed by atoms with van der Waals surface area (Å²) in [6, 6.07) is 11.6. The molecule has 122 valence electrons. The van der Waals surface area contributed by atoms with Crippen LogP contribution in [-0.2, 0) is 12.5 Å². The number of halogens is 1. The maximum absolute atomic E-state index is 2.39. The highest BCUT2D eigenvalue weighted by Crippen LogP contribution is 2.44. The van der Waals surface area contributed by atoms with Crippen LogP contribution in [0, 0.1) is 0 Å². The molecule has 1 aliphatic rings. The van der Waals surface area contributed by atoms with E-state index in [0.29, 0.717) is 6.04 Å². The minimum atomic E-state index is 0. The second kappa shape index (κ2) is 6.37. The molecule has 0 amide bonds. The fourth-order valence-electron chi connectivity index (χ4n) is 3.21. The molecule has 2 aromatic rings. The summed E-state index contributed by atoms with van der Waals surface area (Å²) in [6.07, 6.45) is 8.52. The quantitative estimate of drug-likeness (QED) is 0.740. The van der Waals surface area contributed by atoms with Crippen LogP contribution in [0.2, 0.25) is 0 Å². The third-order valence-corrected chi connectivity index (χ3v) is 5.19. The molecule has 2 heterocycles. The number of fused-ring (bicyclic) bond motifs is 1. The average Bonchev–Trinajstić information content (AvgIpc) is 2.68. The highest BCUT2D eigenvalue weighted by molar-refractivity contribution is 5.73. The molecule has 0 saturated heterocycles. The van der Waals surface area contributed by atoms with Gasteiger partial charge in [0.2, 0.25) is 0 Å². The van der Waals surface area contributed by atoms with Crippen molar-refractivity contribution in [2.45, 2.75) is 32.2 Å². The molecule has 3 heteroatoms. The second-order valence-electron chi connectivity index (χ2n) is 6.92. The summed E-state index contributed by atoms with van der Waals surface area (Å²) in [5.41, 5.74) is 5.49. The van der Waals surface area contributed by atoms with Crippen molar-refractivity contribution in [2.75, 3.05) is 11.9 Å². The number of hydrogen-bond donors (Lipinski definition) is 0. The van der Waals surface area contributed by atoms with E-state index < -0.39 is 0 Å². The van der Waals surface area contributed by atoms with Gasteiger partial charge in [0.05, 0.1) is 0 Å². The highest BCUT2D eigenvalue weighted by atomic mass is 35.5. The van der Waals surface area contributed by atoms with E-state index in [1.807, 2.05) is 11.6 Å². The van der Waals surface area contributed by atoms with Gasteiger partial charge in [0.25, 0.3) is 0 Å². The molecule has 0 N–H and O–H groups in total. The van der Waals surface area contributed by atoms with Gasteiger partial charge < -0.3 is 17.3 Å². The van der Waals surface area contributed by atoms with Crippen molar-refractivity contribution in [2.24, 2.45) is 7.05 Å². The summed E-state index contributed by atoms with van der Waals surface area (Å²) in [5, 5.41) is 0. The van der Waals surface area contributed by atoms with Crippen molar-refractivity contribution in [3.63, 3.8) is 0 Å². The maximum Gasteiger partial charge on any atom is 0.169 e. The summed E-state index contributed by atoms with van der Waals surface area (Å²) in [4.78, 5) is 2.39. The molecule has 0 aliphatic carbocycles. The van der Waals surface area contributed by atoms with Crippen LogP contribution in [0.25, 0.3) is 12.2 Å². The molecule has 23 heavy (non-hydrogen) atoms. The van der Waals surface area contributed by atoms with E-state index in [4.69, 9.17) is 0 Å². The van der Waals surface area contributed by atoms with Crippen LogP contribution in [0.3, 0.4) is 0 Å². The van der Waals surface area contributed by atoms with E-state index in [1.54, 1.807) is 0 Å². The summed E-state index contributed by atoms with van der Waals surface area (Å²) < 4.78 is 2.05. The Morgan fingerprint density at radius 2 is 1.65 bits per heavy atom. The Balaban J connectivity index is 0.00000192. The number of aromatic nitrogens is 1. The standard InChI is InChI=1S/C20H25N2.ClH/c1-15-20(2,3)18-14-17(8-9-19(18)22(15)5)7-6-16-10-12-21(4)13-11-16;/h6-15H,1-5H3;1H/q+1;/p-1. The maximum atomic E-state index is 2.39. The summed E-state index contributed by atoms with van der Waals surface area (Å²) >= 11 is 0. The summed E-state index contributed by atoms with van der Waals surface area (Å²) in [5.74, 6) is 0. The predicted molar refractivity (Wildman–Crippen MR) is 93.9 cm³/mol. The number of nitrogens with zero attached hydrogens (tertiary/aromatic N) is 2. The first kappa shape index (κ1) is 17.6. The molecule has 1 aromatic carbocycles. The van der Waals surface area contributed by atoms with Crippen LogP contribution in [0.4, 0.5) is 5.69 Å². The molecule has 0 spiro atoms. The van der Waals surface area contributed by atoms with Crippen molar-refractivity contribution < 1.29 is 17.0 Å². The Morgan fingerprint density at radius 1 is 1.04 bits per heavy atom. The number of likely N-dealkylation sites (N-methyl/N-ethyl adjacent to an activating group) is 1. The zero-order valence-electron chi connectivity index (χ0n) is 14.5. The lowest BCUT2D eigenvalue weighted by Crippen LogP contribution is -3.00. The number of anilines is 1. The van der Waals surface area contributed by atoms with Crippen molar-refractivity contribution >= 4 is 17.8 Å².